The van der Waals surface area contributed by atoms with E-state index in [1.807, 2.05) is 13.8 Å². The van der Waals surface area contributed by atoms with E-state index in [2.05, 4.69) is 5.32 Å². The first-order chi connectivity index (χ1) is 10.3. The molecule has 0 aliphatic carbocycles. The van der Waals surface area contributed by atoms with Gasteiger partial charge < -0.3 is 20.9 Å². The summed E-state index contributed by atoms with van der Waals surface area (Å²) in [6, 6.07) is 5.18. The molecule has 1 unspecified atom stereocenters. The normalized spacial score (nSPS) is 11.7. The number of carbonyl (C=O) groups is 2. The summed E-state index contributed by atoms with van der Waals surface area (Å²) in [4.78, 5) is 22.6. The second kappa shape index (κ2) is 10.2. The van der Waals surface area contributed by atoms with E-state index in [-0.39, 0.29) is 37.3 Å². The van der Waals surface area contributed by atoms with E-state index < -0.39 is 12.0 Å². The number of benzene rings is 1. The zero-order valence-electron chi connectivity index (χ0n) is 13.7. The van der Waals surface area contributed by atoms with Gasteiger partial charge in [-0.1, -0.05) is 19.9 Å². The smallest absolute Gasteiger partial charge is 0.221 e. The van der Waals surface area contributed by atoms with Crippen LogP contribution in [0.15, 0.2) is 18.2 Å². The summed E-state index contributed by atoms with van der Waals surface area (Å²) in [5.41, 5.74) is 6.19. The Bertz CT molecular complexity index is 535. The topological polar surface area (TPSA) is 102 Å². The number of primary amides is 1. The third kappa shape index (κ3) is 7.97. The Hall–Kier alpha value is -1.63. The van der Waals surface area contributed by atoms with E-state index in [1.54, 1.807) is 18.2 Å². The molecule has 6 nitrogen and oxygen atoms in total. The van der Waals surface area contributed by atoms with Crippen LogP contribution in [0.2, 0.25) is 0 Å². The van der Waals surface area contributed by atoms with Crippen LogP contribution in [-0.2, 0) is 11.2 Å². The maximum Gasteiger partial charge on any atom is 0.221 e. The zero-order chi connectivity index (χ0) is 16.7. The molecule has 1 rings (SSSR count). The summed E-state index contributed by atoms with van der Waals surface area (Å²) < 4.78 is 5.53. The van der Waals surface area contributed by atoms with Gasteiger partial charge in [0.05, 0.1) is 12.0 Å². The lowest BCUT2D eigenvalue weighted by atomic mass is 10.0. The molecule has 0 heterocycles. The molecule has 4 N–H and O–H groups in total. The van der Waals surface area contributed by atoms with Crippen molar-refractivity contribution in [3.05, 3.63) is 29.3 Å². The van der Waals surface area contributed by atoms with Crippen molar-refractivity contribution in [1.82, 2.24) is 5.32 Å². The second-order valence-electron chi connectivity index (χ2n) is 5.56. The van der Waals surface area contributed by atoms with Crippen molar-refractivity contribution in [1.29, 1.82) is 0 Å². The predicted molar refractivity (Wildman–Crippen MR) is 91.2 cm³/mol. The Morgan fingerprint density at radius 3 is 2.52 bits per heavy atom. The van der Waals surface area contributed by atoms with Gasteiger partial charge in [0.25, 0.3) is 0 Å². The highest BCUT2D eigenvalue weighted by Crippen LogP contribution is 2.21. The van der Waals surface area contributed by atoms with Gasteiger partial charge in [0.1, 0.15) is 18.5 Å². The van der Waals surface area contributed by atoms with Gasteiger partial charge in [-0.25, -0.2) is 0 Å². The molecule has 23 heavy (non-hydrogen) atoms. The summed E-state index contributed by atoms with van der Waals surface area (Å²) >= 11 is 0. The van der Waals surface area contributed by atoms with Crippen molar-refractivity contribution >= 4 is 24.1 Å². The Balaban J connectivity index is 0.00000484. The molecule has 0 aliphatic rings. The lowest BCUT2D eigenvalue weighted by molar-refractivity contribution is -0.117. The standard InChI is InChI=1S/C16H24N2O4.ClH/c1-10(2)18-8-13(20)9-22-15-5-4-12(7-16(17)21)6-14(15)11(3)19;/h4-6,10,13,18,20H,7-9H2,1-3H3,(H2,17,21);1H. The van der Waals surface area contributed by atoms with Crippen LogP contribution in [0.25, 0.3) is 0 Å². The molecule has 0 aromatic heterocycles. The Kier molecular flexibility index (Phi) is 9.48. The fourth-order valence-electron chi connectivity index (χ4n) is 1.91. The minimum absolute atomic E-state index is 0. The first-order valence-corrected chi connectivity index (χ1v) is 7.26. The van der Waals surface area contributed by atoms with Gasteiger partial charge in [0, 0.05) is 12.6 Å². The molecule has 130 valence electrons. The van der Waals surface area contributed by atoms with Crippen molar-refractivity contribution < 1.29 is 19.4 Å². The first kappa shape index (κ1) is 21.4. The van der Waals surface area contributed by atoms with Crippen molar-refractivity contribution in [2.24, 2.45) is 5.73 Å². The molecule has 0 radical (unpaired) electrons. The minimum atomic E-state index is -0.674. The number of hydrogen-bond donors (Lipinski definition) is 3. The third-order valence-electron chi connectivity index (χ3n) is 2.99. The fourth-order valence-corrected chi connectivity index (χ4v) is 1.91. The van der Waals surface area contributed by atoms with Gasteiger partial charge in [0.2, 0.25) is 5.91 Å². The van der Waals surface area contributed by atoms with E-state index >= 15 is 0 Å². The minimum Gasteiger partial charge on any atom is -0.490 e. The monoisotopic (exact) mass is 344 g/mol. The molecular formula is C16H25ClN2O4. The molecule has 1 aromatic rings. The molecule has 0 bridgehead atoms. The summed E-state index contributed by atoms with van der Waals surface area (Å²) in [5, 5.41) is 12.9. The lowest BCUT2D eigenvalue weighted by Crippen LogP contribution is -2.35. The highest BCUT2D eigenvalue weighted by Gasteiger charge is 2.13. The molecule has 1 amide bonds. The number of aliphatic hydroxyl groups excluding tert-OH is 1. The molecular weight excluding hydrogens is 320 g/mol. The average Bonchev–Trinajstić information content (AvgIpc) is 2.42. The number of rotatable bonds is 9. The van der Waals surface area contributed by atoms with Gasteiger partial charge in [-0.15, -0.1) is 12.4 Å². The number of hydrogen-bond acceptors (Lipinski definition) is 5. The second-order valence-corrected chi connectivity index (χ2v) is 5.56. The van der Waals surface area contributed by atoms with Crippen LogP contribution in [0, 0.1) is 0 Å². The van der Waals surface area contributed by atoms with Crippen molar-refractivity contribution in [3.63, 3.8) is 0 Å². The van der Waals surface area contributed by atoms with E-state index in [0.29, 0.717) is 23.4 Å². The Labute approximate surface area is 142 Å². The van der Waals surface area contributed by atoms with E-state index in [0.717, 1.165) is 0 Å². The molecule has 0 saturated carbocycles. The van der Waals surface area contributed by atoms with E-state index in [1.165, 1.54) is 6.92 Å². The number of nitrogens with one attached hydrogen (secondary N) is 1. The fraction of sp³-hybridized carbons (Fsp3) is 0.500. The Morgan fingerprint density at radius 2 is 2.00 bits per heavy atom. The number of halogens is 1. The quantitative estimate of drug-likeness (QED) is 0.582. The summed E-state index contributed by atoms with van der Waals surface area (Å²) in [7, 11) is 0. The van der Waals surface area contributed by atoms with Gasteiger partial charge in [-0.05, 0) is 24.6 Å². The summed E-state index contributed by atoms with van der Waals surface area (Å²) in [6.45, 7) is 5.88. The molecule has 1 aromatic carbocycles. The van der Waals surface area contributed by atoms with Crippen LogP contribution < -0.4 is 15.8 Å². The number of amides is 1. The van der Waals surface area contributed by atoms with Gasteiger partial charge in [0.15, 0.2) is 5.78 Å². The van der Waals surface area contributed by atoms with Crippen molar-refractivity contribution in [3.8, 4) is 5.75 Å². The van der Waals surface area contributed by atoms with Crippen molar-refractivity contribution in [2.75, 3.05) is 13.2 Å². The van der Waals surface area contributed by atoms with Crippen LogP contribution in [0.3, 0.4) is 0 Å². The Morgan fingerprint density at radius 1 is 1.35 bits per heavy atom. The maximum absolute atomic E-state index is 11.7. The van der Waals surface area contributed by atoms with Crippen LogP contribution >= 0.6 is 12.4 Å². The van der Waals surface area contributed by atoms with Crippen LogP contribution in [0.4, 0.5) is 0 Å². The van der Waals surface area contributed by atoms with Gasteiger partial charge in [-0.3, -0.25) is 9.59 Å². The van der Waals surface area contributed by atoms with Crippen molar-refractivity contribution in [2.45, 2.75) is 39.3 Å². The molecule has 0 saturated heterocycles. The molecule has 0 aliphatic heterocycles. The SMILES string of the molecule is CC(=O)c1cc(CC(N)=O)ccc1OCC(O)CNC(C)C.Cl. The predicted octanol–water partition coefficient (Wildman–Crippen LogP) is 1.08. The van der Waals surface area contributed by atoms with E-state index in [4.69, 9.17) is 10.5 Å². The molecule has 7 heteroatoms. The number of carbonyl (C=O) groups excluding carboxylic acids is 2. The van der Waals surface area contributed by atoms with Gasteiger partial charge in [-0.2, -0.15) is 0 Å². The van der Waals surface area contributed by atoms with Gasteiger partial charge >= 0.3 is 0 Å². The lowest BCUT2D eigenvalue weighted by Gasteiger charge is -2.16. The first-order valence-electron chi connectivity index (χ1n) is 7.26. The number of ether oxygens (including phenoxy) is 1. The largest absolute Gasteiger partial charge is 0.490 e. The van der Waals surface area contributed by atoms with E-state index in [9.17, 15) is 14.7 Å². The highest BCUT2D eigenvalue weighted by atomic mass is 35.5. The molecule has 0 fully saturated rings. The number of Topliss-reactive ketones (excluding diaryl/α,β-unsaturated/α-hetero) is 1. The maximum atomic E-state index is 11.7. The van der Waals surface area contributed by atoms with Crippen LogP contribution in [0.5, 0.6) is 5.75 Å². The van der Waals surface area contributed by atoms with Crippen LogP contribution in [-0.4, -0.2) is 42.1 Å². The highest BCUT2D eigenvalue weighted by molar-refractivity contribution is 5.97. The number of aliphatic hydroxyl groups is 1. The summed E-state index contributed by atoms with van der Waals surface area (Å²) in [6.07, 6.45) is -0.603. The average molecular weight is 345 g/mol. The molecule has 0 spiro atoms. The third-order valence-corrected chi connectivity index (χ3v) is 2.99. The number of nitrogens with two attached hydrogens (primary N) is 1. The molecule has 1 atom stereocenters. The van der Waals surface area contributed by atoms with Crippen LogP contribution in [0.1, 0.15) is 36.7 Å². The zero-order valence-corrected chi connectivity index (χ0v) is 14.5. The summed E-state index contributed by atoms with van der Waals surface area (Å²) in [5.74, 6) is -0.237. The number of ketones is 1.